The van der Waals surface area contributed by atoms with E-state index < -0.39 is 53.3 Å². The highest BCUT2D eigenvalue weighted by Crippen LogP contribution is 2.33. The summed E-state index contributed by atoms with van der Waals surface area (Å²) in [5.41, 5.74) is 4.63. The molecule has 2 saturated heterocycles. The van der Waals surface area contributed by atoms with Crippen LogP contribution in [0.5, 0.6) is 0 Å². The lowest BCUT2D eigenvalue weighted by atomic mass is 9.85. The van der Waals surface area contributed by atoms with Crippen LogP contribution in [0, 0.1) is 12.3 Å². The predicted octanol–water partition coefficient (Wildman–Crippen LogP) is 4.37. The molecule has 3 aliphatic heterocycles. The molecule has 0 saturated carbocycles. The van der Waals surface area contributed by atoms with Crippen molar-refractivity contribution >= 4 is 64.3 Å². The van der Waals surface area contributed by atoms with Gasteiger partial charge in [0.25, 0.3) is 11.8 Å². The molecular weight excluding hydrogens is 865 g/mol. The number of unbranched alkanes of at least 4 members (excludes halogenated alkanes) is 7. The summed E-state index contributed by atoms with van der Waals surface area (Å²) in [6.45, 7) is 8.22. The monoisotopic (exact) mass is 926 g/mol. The first-order chi connectivity index (χ1) is 31.5. The van der Waals surface area contributed by atoms with Crippen LogP contribution in [0.4, 0.5) is 5.69 Å². The molecule has 0 aliphatic carbocycles. The van der Waals surface area contributed by atoms with E-state index >= 15 is 0 Å². The van der Waals surface area contributed by atoms with E-state index in [9.17, 15) is 43.5 Å². The third kappa shape index (κ3) is 12.5. The highest BCUT2D eigenvalue weighted by molar-refractivity contribution is 7.13. The van der Waals surface area contributed by atoms with E-state index in [1.165, 1.54) is 11.0 Å². The third-order valence-corrected chi connectivity index (χ3v) is 13.2. The number of aromatic nitrogens is 1. The fraction of sp³-hybridized carbons (Fsp3) is 0.521. The van der Waals surface area contributed by atoms with Crippen LogP contribution in [-0.4, -0.2) is 111 Å². The topological polar surface area (TPSA) is 236 Å². The van der Waals surface area contributed by atoms with Gasteiger partial charge in [-0.05, 0) is 54.9 Å². The molecule has 0 bridgehead atoms. The lowest BCUT2D eigenvalue weighted by Gasteiger charge is -2.35. The number of β-amino-alcohol motifs (C(OH)–C–C–N with tert-alkyl or cyclic N) is 1. The minimum absolute atomic E-state index is 0.0106. The largest absolute Gasteiger partial charge is 0.391 e. The first kappa shape index (κ1) is 49.4. The van der Waals surface area contributed by atoms with Crippen molar-refractivity contribution in [3.63, 3.8) is 0 Å². The van der Waals surface area contributed by atoms with Gasteiger partial charge in [0.15, 0.2) is 0 Å². The van der Waals surface area contributed by atoms with E-state index in [4.69, 9.17) is 0 Å². The van der Waals surface area contributed by atoms with Crippen LogP contribution in [0.2, 0.25) is 0 Å². The number of amides is 8. The summed E-state index contributed by atoms with van der Waals surface area (Å²) >= 11 is 1.57. The number of nitrogens with zero attached hydrogens (tertiary/aromatic N) is 3. The normalized spacial score (nSPS) is 18.8. The van der Waals surface area contributed by atoms with E-state index in [1.807, 2.05) is 57.5 Å². The van der Waals surface area contributed by atoms with Crippen molar-refractivity contribution in [3.8, 4) is 10.4 Å². The molecule has 0 radical (unpaired) electrons. The number of carbonyl (C=O) groups is 8. The molecule has 0 spiro atoms. The molecule has 4 atom stereocenters. The van der Waals surface area contributed by atoms with Gasteiger partial charge in [-0.2, -0.15) is 0 Å². The Labute approximate surface area is 389 Å². The number of anilines is 1. The van der Waals surface area contributed by atoms with Gasteiger partial charge in [-0.25, -0.2) is 4.98 Å². The molecule has 4 heterocycles. The average molecular weight is 927 g/mol. The Morgan fingerprint density at radius 3 is 2.26 bits per heavy atom. The SMILES string of the molecule is Cc1ncsc1-c1ccc(CNC(=O)C2CC(O)CN2C(=O)C(NC(=O)CCCCCCCCCCNC(=O)CNc2cccc3c2C(=O)N(C2CCC(=O)NC2=O)C3=O)C(C)(C)C)cc1. The third-order valence-electron chi connectivity index (χ3n) is 12.3. The zero-order valence-electron chi connectivity index (χ0n) is 38.2. The maximum atomic E-state index is 14.0. The van der Waals surface area contributed by atoms with Crippen LogP contribution in [0.3, 0.4) is 0 Å². The Balaban J connectivity index is 0.832. The van der Waals surface area contributed by atoms with Crippen LogP contribution < -0.4 is 26.6 Å². The van der Waals surface area contributed by atoms with E-state index in [-0.39, 0.29) is 80.1 Å². The first-order valence-electron chi connectivity index (χ1n) is 22.9. The van der Waals surface area contributed by atoms with E-state index in [1.54, 1.807) is 23.5 Å². The zero-order valence-corrected chi connectivity index (χ0v) is 39.0. The summed E-state index contributed by atoms with van der Waals surface area (Å²) in [4.78, 5) is 111. The van der Waals surface area contributed by atoms with Crippen LogP contribution in [0.1, 0.15) is 130 Å². The van der Waals surface area contributed by atoms with Gasteiger partial charge in [-0.3, -0.25) is 48.6 Å². The quantitative estimate of drug-likeness (QED) is 0.0649. The summed E-state index contributed by atoms with van der Waals surface area (Å²) in [5.74, 6) is -3.64. The van der Waals surface area contributed by atoms with Crippen LogP contribution in [0.15, 0.2) is 48.0 Å². The maximum absolute atomic E-state index is 14.0. The molecule has 8 amide bonds. The van der Waals surface area contributed by atoms with Crippen molar-refractivity contribution in [2.24, 2.45) is 5.41 Å². The number of likely N-dealkylation sites (tertiary alicyclic amines) is 1. The molecule has 3 aliphatic rings. The van der Waals surface area contributed by atoms with Crippen molar-refractivity contribution in [1.29, 1.82) is 0 Å². The molecule has 3 aromatic rings. The molecule has 66 heavy (non-hydrogen) atoms. The number of aliphatic hydroxyl groups excluding tert-OH is 1. The molecule has 1 aromatic heterocycles. The second-order valence-corrected chi connectivity index (χ2v) is 19.3. The summed E-state index contributed by atoms with van der Waals surface area (Å²) in [5, 5.41) is 24.4. The summed E-state index contributed by atoms with van der Waals surface area (Å²) in [6, 6.07) is 9.76. The molecule has 6 N–H and O–H groups in total. The van der Waals surface area contributed by atoms with E-state index in [2.05, 4.69) is 31.6 Å². The number of rotatable bonds is 21. The highest BCUT2D eigenvalue weighted by Gasteiger charge is 2.46. The van der Waals surface area contributed by atoms with Gasteiger partial charge in [-0.15, -0.1) is 11.3 Å². The molecule has 18 heteroatoms. The Hall–Kier alpha value is -6.01. The molecule has 2 fully saturated rings. The number of benzene rings is 2. The Morgan fingerprint density at radius 2 is 1.59 bits per heavy atom. The molecule has 4 unspecified atom stereocenters. The van der Waals surface area contributed by atoms with Crippen molar-refractivity contribution in [2.45, 2.75) is 136 Å². The zero-order chi connectivity index (χ0) is 47.5. The standard InChI is InChI=1S/C48H62N8O9S/c1-29-41(66-28-52-29)31-19-17-30(18-20-31)25-51-43(61)36-24-32(57)27-55(36)47(65)42(48(2,3)4)53-37(58)16-11-9-7-5-6-8-10-12-23-49-39(60)26-50-34-15-13-14-33-40(34)46(64)56(45(33)63)35-21-22-38(59)54-44(35)62/h13-15,17-20,28,32,35-36,42,50,57H,5-12,16,21-27H2,1-4H3,(H,49,60)(H,51,61)(H,53,58)(H,54,59,62). The number of carbonyl (C=O) groups excluding carboxylic acids is 8. The van der Waals surface area contributed by atoms with E-state index in [0.717, 1.165) is 71.5 Å². The number of thiazole rings is 1. The number of hydrogen-bond donors (Lipinski definition) is 6. The molecule has 354 valence electrons. The lowest BCUT2D eigenvalue weighted by molar-refractivity contribution is -0.144. The number of piperidine rings is 1. The fourth-order valence-electron chi connectivity index (χ4n) is 8.61. The second kappa shape index (κ2) is 22.5. The highest BCUT2D eigenvalue weighted by atomic mass is 32.1. The fourth-order valence-corrected chi connectivity index (χ4v) is 9.42. The Kier molecular flexibility index (Phi) is 16.8. The van der Waals surface area contributed by atoms with Crippen molar-refractivity contribution < 1.29 is 43.5 Å². The van der Waals surface area contributed by atoms with Crippen molar-refractivity contribution in [2.75, 3.05) is 25.0 Å². The Bertz CT molecular complexity index is 2290. The number of aliphatic hydroxyl groups is 1. The summed E-state index contributed by atoms with van der Waals surface area (Å²) in [7, 11) is 0. The van der Waals surface area contributed by atoms with Gasteiger partial charge in [0.2, 0.25) is 35.4 Å². The predicted molar refractivity (Wildman–Crippen MR) is 248 cm³/mol. The summed E-state index contributed by atoms with van der Waals surface area (Å²) < 4.78 is 0. The number of imide groups is 2. The van der Waals surface area contributed by atoms with Crippen molar-refractivity contribution in [1.82, 2.24) is 36.1 Å². The molecule has 6 rings (SSSR count). The minimum atomic E-state index is -1.07. The number of aryl methyl sites for hydroxylation is 1. The number of hydrogen-bond acceptors (Lipinski definition) is 12. The summed E-state index contributed by atoms with van der Waals surface area (Å²) in [6.07, 6.45) is 6.82. The van der Waals surface area contributed by atoms with Crippen LogP contribution in [-0.2, 0) is 35.3 Å². The smallest absolute Gasteiger partial charge is 0.264 e. The molecule has 2 aromatic carbocycles. The number of nitrogens with one attached hydrogen (secondary N) is 5. The van der Waals surface area contributed by atoms with Gasteiger partial charge < -0.3 is 31.3 Å². The van der Waals surface area contributed by atoms with Gasteiger partial charge in [0.05, 0.1) is 39.9 Å². The van der Waals surface area contributed by atoms with Gasteiger partial charge in [0.1, 0.15) is 18.1 Å². The van der Waals surface area contributed by atoms with Gasteiger partial charge in [-0.1, -0.05) is 89.6 Å². The maximum Gasteiger partial charge on any atom is 0.264 e. The van der Waals surface area contributed by atoms with Gasteiger partial charge in [0, 0.05) is 44.6 Å². The second-order valence-electron chi connectivity index (χ2n) is 18.4. The minimum Gasteiger partial charge on any atom is -0.391 e. The van der Waals surface area contributed by atoms with Gasteiger partial charge >= 0.3 is 0 Å². The number of fused-ring (bicyclic) bond motifs is 1. The van der Waals surface area contributed by atoms with E-state index in [0.29, 0.717) is 18.7 Å². The Morgan fingerprint density at radius 1 is 0.894 bits per heavy atom. The average Bonchev–Trinajstić information content (AvgIpc) is 3.97. The van der Waals surface area contributed by atoms with Crippen molar-refractivity contribution in [3.05, 3.63) is 70.4 Å². The van der Waals surface area contributed by atoms with Crippen LogP contribution >= 0.6 is 11.3 Å². The molecule has 17 nitrogen and oxygen atoms in total. The molecular formula is C48H62N8O9S. The first-order valence-corrected chi connectivity index (χ1v) is 23.8. The van der Waals surface area contributed by atoms with Crippen LogP contribution in [0.25, 0.3) is 10.4 Å². The lowest BCUT2D eigenvalue weighted by Crippen LogP contribution is -2.57.